The second kappa shape index (κ2) is 6.83. The van der Waals surface area contributed by atoms with Crippen molar-refractivity contribution in [1.82, 2.24) is 0 Å². The van der Waals surface area contributed by atoms with Crippen LogP contribution in [0.5, 0.6) is 0 Å². The smallest absolute Gasteiger partial charge is 0.154 e. The van der Waals surface area contributed by atoms with Crippen LogP contribution >= 0.6 is 15.9 Å². The first-order valence-electron chi connectivity index (χ1n) is 5.25. The molecule has 0 fully saturated rings. The highest BCUT2D eigenvalue weighted by atomic mass is 79.9. The number of ether oxygens (including phenoxy) is 1. The largest absolute Gasteiger partial charge is 0.385 e. The van der Waals surface area contributed by atoms with E-state index in [1.165, 1.54) is 12.1 Å². The zero-order valence-electron chi connectivity index (χ0n) is 9.58. The Morgan fingerprint density at radius 2 is 2.29 bits per heavy atom. The van der Waals surface area contributed by atoms with E-state index in [9.17, 15) is 9.18 Å². The van der Waals surface area contributed by atoms with Gasteiger partial charge in [-0.05, 0) is 24.1 Å². The van der Waals surface area contributed by atoms with Gasteiger partial charge in [0.05, 0.1) is 6.04 Å². The zero-order chi connectivity index (χ0) is 12.8. The van der Waals surface area contributed by atoms with Crippen LogP contribution in [-0.4, -0.2) is 25.5 Å². The third-order valence-corrected chi connectivity index (χ3v) is 3.16. The van der Waals surface area contributed by atoms with E-state index in [4.69, 9.17) is 10.5 Å². The molecule has 5 heteroatoms. The van der Waals surface area contributed by atoms with Crippen LogP contribution in [0.4, 0.5) is 4.39 Å². The maximum atomic E-state index is 12.9. The first kappa shape index (κ1) is 14.3. The number of ketones is 1. The summed E-state index contributed by atoms with van der Waals surface area (Å²) in [6.07, 6.45) is 0.694. The normalized spacial score (nSPS) is 12.5. The second-order valence-corrected chi connectivity index (χ2v) is 4.62. The van der Waals surface area contributed by atoms with Crippen LogP contribution in [0.25, 0.3) is 0 Å². The number of hydrogen-bond donors (Lipinski definition) is 1. The number of carbonyl (C=O) groups excluding carboxylic acids is 1. The van der Waals surface area contributed by atoms with Crippen LogP contribution in [0.1, 0.15) is 12.0 Å². The highest BCUT2D eigenvalue weighted by Crippen LogP contribution is 2.19. The molecule has 94 valence electrons. The van der Waals surface area contributed by atoms with E-state index in [1.54, 1.807) is 13.2 Å². The summed E-state index contributed by atoms with van der Waals surface area (Å²) in [5, 5.41) is 0. The molecule has 0 spiro atoms. The average molecular weight is 304 g/mol. The molecule has 1 aromatic rings. The molecule has 0 aliphatic rings. The fourth-order valence-corrected chi connectivity index (χ4v) is 1.88. The van der Waals surface area contributed by atoms with Crippen LogP contribution < -0.4 is 5.73 Å². The molecule has 0 heterocycles. The number of nitrogens with two attached hydrogens (primary N) is 1. The molecule has 2 N–H and O–H groups in total. The van der Waals surface area contributed by atoms with Gasteiger partial charge in [-0.15, -0.1) is 0 Å². The Morgan fingerprint density at radius 3 is 2.88 bits per heavy atom. The summed E-state index contributed by atoms with van der Waals surface area (Å²) in [5.74, 6) is -0.411. The van der Waals surface area contributed by atoms with Crippen molar-refractivity contribution in [2.24, 2.45) is 5.73 Å². The number of carbonyl (C=O) groups is 1. The number of hydrogen-bond acceptors (Lipinski definition) is 3. The standard InChI is InChI=1S/C12H15BrFNO2/c1-17-5-4-11(15)12(16)6-8-2-3-9(14)7-10(8)13/h2-3,7,11H,4-6,15H2,1H3. The molecule has 1 atom stereocenters. The highest BCUT2D eigenvalue weighted by molar-refractivity contribution is 9.10. The monoisotopic (exact) mass is 303 g/mol. The van der Waals surface area contributed by atoms with E-state index in [0.717, 1.165) is 5.56 Å². The summed E-state index contributed by atoms with van der Waals surface area (Å²) in [6.45, 7) is 0.456. The van der Waals surface area contributed by atoms with E-state index in [2.05, 4.69) is 15.9 Å². The Kier molecular flexibility index (Phi) is 5.74. The Morgan fingerprint density at radius 1 is 1.59 bits per heavy atom. The Labute approximate surface area is 108 Å². The topological polar surface area (TPSA) is 52.3 Å². The van der Waals surface area contributed by atoms with Crippen molar-refractivity contribution in [1.29, 1.82) is 0 Å². The number of halogens is 2. The average Bonchev–Trinajstić information content (AvgIpc) is 2.29. The van der Waals surface area contributed by atoms with Gasteiger partial charge in [0.1, 0.15) is 5.82 Å². The lowest BCUT2D eigenvalue weighted by atomic mass is 10.0. The fourth-order valence-electron chi connectivity index (χ4n) is 1.39. The quantitative estimate of drug-likeness (QED) is 0.875. The van der Waals surface area contributed by atoms with Gasteiger partial charge in [0.2, 0.25) is 0 Å². The molecule has 17 heavy (non-hydrogen) atoms. The van der Waals surface area contributed by atoms with Crippen LogP contribution in [0.3, 0.4) is 0 Å². The van der Waals surface area contributed by atoms with Crippen LogP contribution in [0, 0.1) is 5.82 Å². The van der Waals surface area contributed by atoms with Crippen molar-refractivity contribution in [3.05, 3.63) is 34.1 Å². The first-order valence-corrected chi connectivity index (χ1v) is 6.05. The van der Waals surface area contributed by atoms with E-state index in [0.29, 0.717) is 17.5 Å². The fraction of sp³-hybridized carbons (Fsp3) is 0.417. The predicted molar refractivity (Wildman–Crippen MR) is 67.3 cm³/mol. The molecule has 1 aromatic carbocycles. The lowest BCUT2D eigenvalue weighted by molar-refractivity contribution is -0.120. The number of benzene rings is 1. The molecular formula is C12H15BrFNO2. The van der Waals surface area contributed by atoms with Crippen LogP contribution in [-0.2, 0) is 16.0 Å². The predicted octanol–water partition coefficient (Wildman–Crippen LogP) is 2.06. The molecule has 0 radical (unpaired) electrons. The van der Waals surface area contributed by atoms with Crippen LogP contribution in [0.15, 0.2) is 22.7 Å². The summed E-state index contributed by atoms with van der Waals surface area (Å²) in [6, 6.07) is 3.71. The summed E-state index contributed by atoms with van der Waals surface area (Å²) >= 11 is 3.22. The maximum Gasteiger partial charge on any atom is 0.154 e. The van der Waals surface area contributed by atoms with Gasteiger partial charge in [-0.3, -0.25) is 4.79 Å². The molecule has 0 bridgehead atoms. The van der Waals surface area contributed by atoms with Gasteiger partial charge < -0.3 is 10.5 Å². The minimum Gasteiger partial charge on any atom is -0.385 e. The van der Waals surface area contributed by atoms with E-state index in [-0.39, 0.29) is 18.0 Å². The Bertz CT molecular complexity index is 398. The summed E-state index contributed by atoms with van der Waals surface area (Å²) in [4.78, 5) is 11.8. The highest BCUT2D eigenvalue weighted by Gasteiger charge is 2.15. The third kappa shape index (κ3) is 4.53. The van der Waals surface area contributed by atoms with Crippen molar-refractivity contribution in [2.75, 3.05) is 13.7 Å². The molecular weight excluding hydrogens is 289 g/mol. The van der Waals surface area contributed by atoms with Gasteiger partial charge in [-0.1, -0.05) is 22.0 Å². The minimum atomic E-state index is -0.535. The third-order valence-electron chi connectivity index (χ3n) is 2.43. The van der Waals surface area contributed by atoms with Gasteiger partial charge in [-0.25, -0.2) is 4.39 Å². The second-order valence-electron chi connectivity index (χ2n) is 3.77. The molecule has 0 aromatic heterocycles. The van der Waals surface area contributed by atoms with Crippen molar-refractivity contribution < 1.29 is 13.9 Å². The molecule has 0 amide bonds. The van der Waals surface area contributed by atoms with Crippen molar-refractivity contribution in [2.45, 2.75) is 18.9 Å². The van der Waals surface area contributed by atoms with Gasteiger partial charge in [0.25, 0.3) is 0 Å². The molecule has 1 unspecified atom stereocenters. The molecule has 3 nitrogen and oxygen atoms in total. The van der Waals surface area contributed by atoms with E-state index in [1.807, 2.05) is 0 Å². The van der Waals surface area contributed by atoms with Crippen molar-refractivity contribution >= 4 is 21.7 Å². The Balaban J connectivity index is 2.61. The SMILES string of the molecule is COCCC(N)C(=O)Cc1ccc(F)cc1Br. The van der Waals surface area contributed by atoms with Crippen LogP contribution in [0.2, 0.25) is 0 Å². The van der Waals surface area contributed by atoms with Gasteiger partial charge in [0.15, 0.2) is 5.78 Å². The number of methoxy groups -OCH3 is 1. The van der Waals surface area contributed by atoms with Crippen molar-refractivity contribution in [3.8, 4) is 0 Å². The first-order chi connectivity index (χ1) is 8.04. The summed E-state index contributed by atoms with van der Waals surface area (Å²) in [5.41, 5.74) is 6.45. The summed E-state index contributed by atoms with van der Waals surface area (Å²) < 4.78 is 18.3. The molecule has 0 aliphatic carbocycles. The van der Waals surface area contributed by atoms with E-state index < -0.39 is 6.04 Å². The molecule has 0 saturated carbocycles. The molecule has 0 aliphatic heterocycles. The maximum absolute atomic E-state index is 12.9. The lowest BCUT2D eigenvalue weighted by Gasteiger charge is -2.10. The Hall–Kier alpha value is -0.780. The van der Waals surface area contributed by atoms with Gasteiger partial charge in [-0.2, -0.15) is 0 Å². The number of rotatable bonds is 6. The molecule has 0 saturated heterocycles. The molecule has 1 rings (SSSR count). The van der Waals surface area contributed by atoms with Gasteiger partial charge >= 0.3 is 0 Å². The lowest BCUT2D eigenvalue weighted by Crippen LogP contribution is -2.33. The van der Waals surface area contributed by atoms with E-state index >= 15 is 0 Å². The zero-order valence-corrected chi connectivity index (χ0v) is 11.2. The minimum absolute atomic E-state index is 0.0747. The number of Topliss-reactive ketones (excluding diaryl/α,β-unsaturated/α-hetero) is 1. The van der Waals surface area contributed by atoms with Crippen molar-refractivity contribution in [3.63, 3.8) is 0 Å². The van der Waals surface area contributed by atoms with Gasteiger partial charge in [0, 0.05) is 24.6 Å². The summed E-state index contributed by atoms with van der Waals surface area (Å²) in [7, 11) is 1.56.